The normalized spacial score (nSPS) is 15.7. The van der Waals surface area contributed by atoms with Crippen molar-refractivity contribution in [1.82, 2.24) is 25.0 Å². The standard InChI is InChI=1S/C23H25ClN6O2.2ClH/c24-18-8-9-20(30-15-26-14-28-30)17(12-18)13-27-22(31)21-7-4-10-29(21)23(32)19(25)11-16-5-2-1-3-6-16;;/h1-3,5-6,8-9,12,14-15,19,21H,4,7,10-11,13,25H2,(H,27,31);2*1H/t19-,21+;;/m1../s1. The van der Waals surface area contributed by atoms with Crippen molar-refractivity contribution in [3.8, 4) is 5.69 Å². The number of nitrogens with zero attached hydrogens (tertiary/aromatic N) is 4. The van der Waals surface area contributed by atoms with Crippen molar-refractivity contribution < 1.29 is 9.59 Å². The van der Waals surface area contributed by atoms with E-state index < -0.39 is 12.1 Å². The van der Waals surface area contributed by atoms with Crippen molar-refractivity contribution in [3.63, 3.8) is 0 Å². The van der Waals surface area contributed by atoms with Gasteiger partial charge < -0.3 is 16.0 Å². The van der Waals surface area contributed by atoms with Gasteiger partial charge in [-0.1, -0.05) is 41.9 Å². The molecular formula is C23H27Cl3N6O2. The van der Waals surface area contributed by atoms with Gasteiger partial charge >= 0.3 is 0 Å². The van der Waals surface area contributed by atoms with Crippen LogP contribution in [-0.4, -0.2) is 50.1 Å². The molecule has 0 radical (unpaired) electrons. The second-order valence-electron chi connectivity index (χ2n) is 7.82. The average molecular weight is 526 g/mol. The Balaban J connectivity index is 0.00000204. The first-order valence-corrected chi connectivity index (χ1v) is 10.9. The van der Waals surface area contributed by atoms with Gasteiger partial charge in [0.2, 0.25) is 11.8 Å². The van der Waals surface area contributed by atoms with Gasteiger partial charge in [-0.3, -0.25) is 9.59 Å². The van der Waals surface area contributed by atoms with E-state index in [4.69, 9.17) is 17.3 Å². The van der Waals surface area contributed by atoms with Crippen molar-refractivity contribution in [2.24, 2.45) is 5.73 Å². The number of likely N-dealkylation sites (tertiary alicyclic amines) is 1. The van der Waals surface area contributed by atoms with Gasteiger partial charge in [-0.25, -0.2) is 9.67 Å². The van der Waals surface area contributed by atoms with Crippen LogP contribution in [0.4, 0.5) is 0 Å². The molecule has 1 fully saturated rings. The highest BCUT2D eigenvalue weighted by molar-refractivity contribution is 6.30. The molecule has 3 aromatic rings. The van der Waals surface area contributed by atoms with Gasteiger partial charge in [0.15, 0.2) is 0 Å². The van der Waals surface area contributed by atoms with Gasteiger partial charge in [-0.05, 0) is 48.6 Å². The molecule has 0 spiro atoms. The number of aromatic nitrogens is 3. The molecular weight excluding hydrogens is 499 g/mol. The van der Waals surface area contributed by atoms with Crippen LogP contribution in [0.3, 0.4) is 0 Å². The summed E-state index contributed by atoms with van der Waals surface area (Å²) in [5.74, 6) is -0.398. The summed E-state index contributed by atoms with van der Waals surface area (Å²) >= 11 is 6.16. The number of hydrogen-bond acceptors (Lipinski definition) is 5. The smallest absolute Gasteiger partial charge is 0.243 e. The second kappa shape index (κ2) is 12.7. The Morgan fingerprint density at radius 3 is 2.65 bits per heavy atom. The van der Waals surface area contributed by atoms with E-state index in [1.807, 2.05) is 36.4 Å². The zero-order valence-corrected chi connectivity index (χ0v) is 20.7. The van der Waals surface area contributed by atoms with E-state index in [0.717, 1.165) is 23.2 Å². The van der Waals surface area contributed by atoms with Crippen molar-refractivity contribution in [2.75, 3.05) is 6.54 Å². The quantitative estimate of drug-likeness (QED) is 0.493. The van der Waals surface area contributed by atoms with E-state index >= 15 is 0 Å². The van der Waals surface area contributed by atoms with E-state index in [9.17, 15) is 9.59 Å². The molecule has 0 saturated carbocycles. The molecule has 2 amide bonds. The van der Waals surface area contributed by atoms with E-state index in [1.54, 1.807) is 28.0 Å². The molecule has 1 saturated heterocycles. The maximum Gasteiger partial charge on any atom is 0.243 e. The summed E-state index contributed by atoms with van der Waals surface area (Å²) in [4.78, 5) is 31.5. The highest BCUT2D eigenvalue weighted by atomic mass is 35.5. The summed E-state index contributed by atoms with van der Waals surface area (Å²) in [6, 6.07) is 13.8. The number of halogens is 3. The van der Waals surface area contributed by atoms with Crippen molar-refractivity contribution >= 4 is 48.2 Å². The second-order valence-corrected chi connectivity index (χ2v) is 8.25. The van der Waals surface area contributed by atoms with Crippen molar-refractivity contribution in [1.29, 1.82) is 0 Å². The van der Waals surface area contributed by atoms with Crippen LogP contribution < -0.4 is 11.1 Å². The predicted molar refractivity (Wildman–Crippen MR) is 136 cm³/mol. The van der Waals surface area contributed by atoms with Crippen LogP contribution in [0, 0.1) is 0 Å². The molecule has 8 nitrogen and oxygen atoms in total. The molecule has 11 heteroatoms. The molecule has 2 atom stereocenters. The SMILES string of the molecule is Cl.Cl.N[C@H](Cc1ccccc1)C(=O)N1CCC[C@H]1C(=O)NCc1cc(Cl)ccc1-n1cncn1. The predicted octanol–water partition coefficient (Wildman–Crippen LogP) is 2.94. The van der Waals surface area contributed by atoms with Gasteiger partial charge in [-0.15, -0.1) is 24.8 Å². The molecule has 3 N–H and O–H groups in total. The van der Waals surface area contributed by atoms with Crippen LogP contribution in [0.25, 0.3) is 5.69 Å². The molecule has 34 heavy (non-hydrogen) atoms. The minimum absolute atomic E-state index is 0. The van der Waals surface area contributed by atoms with Crippen LogP contribution in [-0.2, 0) is 22.6 Å². The summed E-state index contributed by atoms with van der Waals surface area (Å²) in [6.07, 6.45) is 4.84. The summed E-state index contributed by atoms with van der Waals surface area (Å²) in [7, 11) is 0. The first-order chi connectivity index (χ1) is 15.5. The minimum Gasteiger partial charge on any atom is -0.350 e. The van der Waals surface area contributed by atoms with E-state index in [1.165, 1.54) is 6.33 Å². The highest BCUT2D eigenvalue weighted by Gasteiger charge is 2.36. The molecule has 0 unspecified atom stereocenters. The number of benzene rings is 2. The number of nitrogens with one attached hydrogen (secondary N) is 1. The fraction of sp³-hybridized carbons (Fsp3) is 0.304. The number of amides is 2. The maximum absolute atomic E-state index is 13.0. The third kappa shape index (κ3) is 6.48. The molecule has 1 aliphatic rings. The summed E-state index contributed by atoms with van der Waals surface area (Å²) < 4.78 is 1.62. The zero-order valence-electron chi connectivity index (χ0n) is 18.3. The first-order valence-electron chi connectivity index (χ1n) is 10.5. The van der Waals surface area contributed by atoms with E-state index in [2.05, 4.69) is 15.4 Å². The Kier molecular flexibility index (Phi) is 10.3. The molecule has 1 aromatic heterocycles. The molecule has 0 aliphatic carbocycles. The van der Waals surface area contributed by atoms with Crippen LogP contribution in [0.2, 0.25) is 5.02 Å². The number of carbonyl (C=O) groups is 2. The molecule has 4 rings (SSSR count). The van der Waals surface area contributed by atoms with E-state index in [-0.39, 0.29) is 43.2 Å². The zero-order chi connectivity index (χ0) is 22.5. The number of rotatable bonds is 7. The lowest BCUT2D eigenvalue weighted by molar-refractivity contribution is -0.139. The monoisotopic (exact) mass is 524 g/mol. The van der Waals surface area contributed by atoms with Crippen LogP contribution in [0.5, 0.6) is 0 Å². The summed E-state index contributed by atoms with van der Waals surface area (Å²) in [5, 5.41) is 7.66. The topological polar surface area (TPSA) is 106 Å². The third-order valence-electron chi connectivity index (χ3n) is 5.61. The van der Waals surface area contributed by atoms with Crippen LogP contribution >= 0.6 is 36.4 Å². The fourth-order valence-corrected chi connectivity index (χ4v) is 4.22. The Morgan fingerprint density at radius 1 is 1.18 bits per heavy atom. The van der Waals surface area contributed by atoms with Gasteiger partial charge in [0, 0.05) is 18.1 Å². The van der Waals surface area contributed by atoms with Gasteiger partial charge in [0.1, 0.15) is 18.7 Å². The Labute approximate surface area is 215 Å². The third-order valence-corrected chi connectivity index (χ3v) is 5.85. The number of hydrogen-bond donors (Lipinski definition) is 2. The van der Waals surface area contributed by atoms with E-state index in [0.29, 0.717) is 24.4 Å². The molecule has 2 heterocycles. The Bertz CT molecular complexity index is 1080. The first kappa shape index (κ1) is 27.6. The number of nitrogens with two attached hydrogens (primary N) is 1. The summed E-state index contributed by atoms with van der Waals surface area (Å²) in [5.41, 5.74) is 8.76. The van der Waals surface area contributed by atoms with Crippen molar-refractivity contribution in [2.45, 2.75) is 37.9 Å². The molecule has 1 aliphatic heterocycles. The van der Waals surface area contributed by atoms with Gasteiger partial charge in [0.25, 0.3) is 0 Å². The molecule has 2 aromatic carbocycles. The minimum atomic E-state index is -0.683. The highest BCUT2D eigenvalue weighted by Crippen LogP contribution is 2.21. The van der Waals surface area contributed by atoms with Gasteiger partial charge in [-0.2, -0.15) is 5.10 Å². The lowest BCUT2D eigenvalue weighted by Gasteiger charge is -2.27. The molecule has 0 bridgehead atoms. The maximum atomic E-state index is 13.0. The molecule has 182 valence electrons. The lowest BCUT2D eigenvalue weighted by atomic mass is 10.1. The van der Waals surface area contributed by atoms with Crippen molar-refractivity contribution in [3.05, 3.63) is 77.3 Å². The largest absolute Gasteiger partial charge is 0.350 e. The Morgan fingerprint density at radius 2 is 1.94 bits per heavy atom. The van der Waals surface area contributed by atoms with Crippen LogP contribution in [0.15, 0.2) is 61.2 Å². The van der Waals surface area contributed by atoms with Crippen LogP contribution in [0.1, 0.15) is 24.0 Å². The van der Waals surface area contributed by atoms with Gasteiger partial charge in [0.05, 0.1) is 11.7 Å². The average Bonchev–Trinajstić information content (AvgIpc) is 3.50. The summed E-state index contributed by atoms with van der Waals surface area (Å²) in [6.45, 7) is 0.782. The number of carbonyl (C=O) groups excluding carboxylic acids is 2. The lowest BCUT2D eigenvalue weighted by Crippen LogP contribution is -2.51. The Hall–Kier alpha value is -2.65. The fourth-order valence-electron chi connectivity index (χ4n) is 4.02.